The van der Waals surface area contributed by atoms with Crippen molar-refractivity contribution in [2.75, 3.05) is 0 Å². The second-order valence-corrected chi connectivity index (χ2v) is 7.11. The molecule has 0 aliphatic rings. The van der Waals surface area contributed by atoms with E-state index in [0.29, 0.717) is 28.4 Å². The highest BCUT2D eigenvalue weighted by Gasteiger charge is 2.14. The average Bonchev–Trinajstić information content (AvgIpc) is 3.12. The molecule has 0 bridgehead atoms. The van der Waals surface area contributed by atoms with Gasteiger partial charge in [0.1, 0.15) is 23.7 Å². The molecule has 2 aromatic heterocycles. The highest BCUT2D eigenvalue weighted by atomic mass is 35.5. The molecule has 0 atom stereocenters. The van der Waals surface area contributed by atoms with Crippen LogP contribution in [0.4, 0.5) is 8.78 Å². The van der Waals surface area contributed by atoms with E-state index in [1.54, 1.807) is 0 Å². The van der Waals surface area contributed by atoms with Crippen LogP contribution in [0.5, 0.6) is 5.75 Å². The average molecular weight is 414 g/mol. The SMILES string of the molecule is CCc1cc(F)cc(Cl)c1COc1cccc2c(-n3cc(F)cn3)cc(C)nc12. The molecule has 2 aromatic carbocycles. The molecule has 7 heteroatoms. The van der Waals surface area contributed by atoms with Gasteiger partial charge in [-0.1, -0.05) is 30.7 Å². The Kier molecular flexibility index (Phi) is 5.20. The van der Waals surface area contributed by atoms with Crippen molar-refractivity contribution in [2.45, 2.75) is 26.9 Å². The summed E-state index contributed by atoms with van der Waals surface area (Å²) in [7, 11) is 0. The number of para-hydroxylation sites is 1. The first-order valence-electron chi connectivity index (χ1n) is 9.16. The van der Waals surface area contributed by atoms with Crippen molar-refractivity contribution in [3.63, 3.8) is 0 Å². The van der Waals surface area contributed by atoms with Gasteiger partial charge in [0, 0.05) is 16.6 Å². The van der Waals surface area contributed by atoms with Crippen LogP contribution < -0.4 is 4.74 Å². The van der Waals surface area contributed by atoms with Crippen molar-refractivity contribution in [3.8, 4) is 11.4 Å². The van der Waals surface area contributed by atoms with Crippen LogP contribution in [0.25, 0.3) is 16.6 Å². The zero-order valence-corrected chi connectivity index (χ0v) is 16.7. The van der Waals surface area contributed by atoms with Gasteiger partial charge in [-0.05, 0) is 43.2 Å². The van der Waals surface area contributed by atoms with E-state index in [1.807, 2.05) is 38.1 Å². The Bertz CT molecular complexity index is 1210. The van der Waals surface area contributed by atoms with Gasteiger partial charge in [-0.2, -0.15) is 5.10 Å². The van der Waals surface area contributed by atoms with Crippen LogP contribution in [-0.4, -0.2) is 14.8 Å². The minimum atomic E-state index is -0.418. The highest BCUT2D eigenvalue weighted by Crippen LogP contribution is 2.31. The second kappa shape index (κ2) is 7.79. The molecule has 29 heavy (non-hydrogen) atoms. The Morgan fingerprint density at radius 2 is 1.97 bits per heavy atom. The maximum absolute atomic E-state index is 13.6. The van der Waals surface area contributed by atoms with Crippen LogP contribution in [0.3, 0.4) is 0 Å². The molecule has 0 saturated heterocycles. The standard InChI is InChI=1S/C22H18ClF2N3O/c1-3-14-8-15(24)9-19(23)18(14)12-29-21-6-4-5-17-20(7-13(2)27-22(17)21)28-11-16(25)10-26-28/h4-11H,3,12H2,1-2H3. The zero-order valence-electron chi connectivity index (χ0n) is 15.9. The van der Waals surface area contributed by atoms with Crippen molar-refractivity contribution in [1.82, 2.24) is 14.8 Å². The fourth-order valence-electron chi connectivity index (χ4n) is 3.35. The lowest BCUT2D eigenvalue weighted by Gasteiger charge is -2.15. The van der Waals surface area contributed by atoms with Crippen LogP contribution >= 0.6 is 11.6 Å². The summed E-state index contributed by atoms with van der Waals surface area (Å²) in [6.45, 7) is 3.97. The topological polar surface area (TPSA) is 39.9 Å². The smallest absolute Gasteiger partial charge is 0.161 e. The van der Waals surface area contributed by atoms with Crippen LogP contribution in [0.2, 0.25) is 5.02 Å². The van der Waals surface area contributed by atoms with Crippen molar-refractivity contribution in [2.24, 2.45) is 0 Å². The normalized spacial score (nSPS) is 11.2. The third-order valence-corrected chi connectivity index (χ3v) is 5.05. The summed E-state index contributed by atoms with van der Waals surface area (Å²) in [4.78, 5) is 4.61. The first-order valence-corrected chi connectivity index (χ1v) is 9.54. The number of halogens is 3. The van der Waals surface area contributed by atoms with Crippen LogP contribution in [0.1, 0.15) is 23.7 Å². The van der Waals surface area contributed by atoms with Crippen LogP contribution in [0.15, 0.2) is 48.8 Å². The number of aromatic nitrogens is 3. The van der Waals surface area contributed by atoms with E-state index in [1.165, 1.54) is 23.0 Å². The lowest BCUT2D eigenvalue weighted by molar-refractivity contribution is 0.308. The molecule has 4 nitrogen and oxygen atoms in total. The molecule has 0 radical (unpaired) electrons. The molecule has 4 rings (SSSR count). The molecule has 148 valence electrons. The highest BCUT2D eigenvalue weighted by molar-refractivity contribution is 6.31. The third-order valence-electron chi connectivity index (χ3n) is 4.71. The quantitative estimate of drug-likeness (QED) is 0.415. The lowest BCUT2D eigenvalue weighted by Crippen LogP contribution is -2.04. The summed E-state index contributed by atoms with van der Waals surface area (Å²) in [5.74, 6) is -0.227. The van der Waals surface area contributed by atoms with Gasteiger partial charge >= 0.3 is 0 Å². The number of ether oxygens (including phenoxy) is 1. The monoisotopic (exact) mass is 413 g/mol. The fourth-order valence-corrected chi connectivity index (χ4v) is 3.63. The van der Waals surface area contributed by atoms with Gasteiger partial charge < -0.3 is 4.74 Å². The van der Waals surface area contributed by atoms with Crippen molar-refractivity contribution in [1.29, 1.82) is 0 Å². The first kappa shape index (κ1) is 19.3. The molecular formula is C22H18ClF2N3O. The predicted molar refractivity (Wildman–Crippen MR) is 109 cm³/mol. The summed E-state index contributed by atoms with van der Waals surface area (Å²) in [6.07, 6.45) is 3.11. The predicted octanol–water partition coefficient (Wildman–Crippen LogP) is 5.80. The van der Waals surface area contributed by atoms with E-state index >= 15 is 0 Å². The number of benzene rings is 2. The third kappa shape index (κ3) is 3.80. The van der Waals surface area contributed by atoms with Crippen molar-refractivity contribution in [3.05, 3.63) is 82.3 Å². The summed E-state index contributed by atoms with van der Waals surface area (Å²) >= 11 is 6.25. The Balaban J connectivity index is 1.75. The molecule has 0 aliphatic carbocycles. The Morgan fingerprint density at radius 3 is 2.69 bits per heavy atom. The minimum absolute atomic E-state index is 0.183. The van der Waals surface area contributed by atoms with E-state index in [2.05, 4.69) is 10.1 Å². The van der Waals surface area contributed by atoms with Gasteiger partial charge in [0.25, 0.3) is 0 Å². The minimum Gasteiger partial charge on any atom is -0.487 e. The van der Waals surface area contributed by atoms with Gasteiger partial charge in [0.05, 0.1) is 23.1 Å². The van der Waals surface area contributed by atoms with E-state index < -0.39 is 5.82 Å². The molecule has 4 aromatic rings. The van der Waals surface area contributed by atoms with E-state index in [4.69, 9.17) is 16.3 Å². The summed E-state index contributed by atoms with van der Waals surface area (Å²) in [5.41, 5.74) is 3.63. The molecule has 0 N–H and O–H groups in total. The number of rotatable bonds is 5. The number of fused-ring (bicyclic) bond motifs is 1. The molecule has 0 amide bonds. The summed E-state index contributed by atoms with van der Waals surface area (Å²) in [5, 5.41) is 5.17. The summed E-state index contributed by atoms with van der Waals surface area (Å²) in [6, 6.07) is 10.1. The van der Waals surface area contributed by atoms with Gasteiger partial charge in [-0.25, -0.2) is 18.4 Å². The number of hydrogen-bond donors (Lipinski definition) is 0. The van der Waals surface area contributed by atoms with Crippen LogP contribution in [-0.2, 0) is 13.0 Å². The van der Waals surface area contributed by atoms with Crippen LogP contribution in [0, 0.1) is 18.6 Å². The van der Waals surface area contributed by atoms with Crippen molar-refractivity contribution < 1.29 is 13.5 Å². The van der Waals surface area contributed by atoms with Gasteiger partial charge in [0.15, 0.2) is 5.82 Å². The van der Waals surface area contributed by atoms with E-state index in [9.17, 15) is 8.78 Å². The largest absolute Gasteiger partial charge is 0.487 e. The van der Waals surface area contributed by atoms with Gasteiger partial charge in [-0.3, -0.25) is 0 Å². The number of nitrogens with zero attached hydrogens (tertiary/aromatic N) is 3. The lowest BCUT2D eigenvalue weighted by atomic mass is 10.1. The molecule has 0 spiro atoms. The summed E-state index contributed by atoms with van der Waals surface area (Å²) < 4.78 is 34.6. The van der Waals surface area contributed by atoms with E-state index in [0.717, 1.165) is 28.4 Å². The fraction of sp³-hybridized carbons (Fsp3) is 0.182. The van der Waals surface area contributed by atoms with Gasteiger partial charge in [-0.15, -0.1) is 0 Å². The Morgan fingerprint density at radius 1 is 1.14 bits per heavy atom. The van der Waals surface area contributed by atoms with Crippen molar-refractivity contribution >= 4 is 22.5 Å². The Hall–Kier alpha value is -2.99. The number of hydrogen-bond acceptors (Lipinski definition) is 3. The molecule has 2 heterocycles. The maximum Gasteiger partial charge on any atom is 0.161 e. The second-order valence-electron chi connectivity index (χ2n) is 6.71. The van der Waals surface area contributed by atoms with Gasteiger partial charge in [0.2, 0.25) is 0 Å². The molecule has 0 unspecified atom stereocenters. The molecule has 0 saturated carbocycles. The molecule has 0 fully saturated rings. The number of pyridine rings is 1. The van der Waals surface area contributed by atoms with E-state index in [-0.39, 0.29) is 12.4 Å². The first-order chi connectivity index (χ1) is 14.0. The zero-order chi connectivity index (χ0) is 20.5. The number of aryl methyl sites for hydroxylation is 2. The molecular weight excluding hydrogens is 396 g/mol. The molecule has 0 aliphatic heterocycles. The Labute approximate surface area is 171 Å². The maximum atomic E-state index is 13.6.